The van der Waals surface area contributed by atoms with Gasteiger partial charge in [0.1, 0.15) is 6.04 Å². The molecule has 1 fully saturated rings. The third kappa shape index (κ3) is 4.25. The van der Waals surface area contributed by atoms with E-state index in [9.17, 15) is 13.2 Å². The van der Waals surface area contributed by atoms with Crippen LogP contribution in [0, 0.1) is 0 Å². The number of nitrogens with one attached hydrogen (secondary N) is 1. The lowest BCUT2D eigenvalue weighted by molar-refractivity contribution is -0.124. The molecule has 1 saturated heterocycles. The van der Waals surface area contributed by atoms with E-state index in [-0.39, 0.29) is 5.91 Å². The molecule has 1 N–H and O–H groups in total. The molecule has 1 atom stereocenters. The van der Waals surface area contributed by atoms with Crippen LogP contribution >= 0.6 is 0 Å². The summed E-state index contributed by atoms with van der Waals surface area (Å²) in [5.74, 6) is -0.205. The second-order valence-electron chi connectivity index (χ2n) is 4.17. The zero-order chi connectivity index (χ0) is 12.9. The molecule has 100 valence electrons. The maximum absolute atomic E-state index is 11.8. The first-order chi connectivity index (χ1) is 7.96. The third-order valence-corrected chi connectivity index (χ3v) is 4.05. The average Bonchev–Trinajstić information content (AvgIpc) is 2.72. The van der Waals surface area contributed by atoms with E-state index in [1.807, 2.05) is 0 Å². The number of rotatable bonds is 6. The number of hydrogen-bond acceptors (Lipinski definition) is 4. The van der Waals surface area contributed by atoms with Crippen molar-refractivity contribution in [1.82, 2.24) is 9.62 Å². The Bertz CT molecular complexity index is 355. The van der Waals surface area contributed by atoms with Crippen molar-refractivity contribution in [3.63, 3.8) is 0 Å². The Labute approximate surface area is 102 Å². The van der Waals surface area contributed by atoms with Crippen LogP contribution < -0.4 is 5.32 Å². The van der Waals surface area contributed by atoms with Crippen molar-refractivity contribution in [2.75, 3.05) is 33.1 Å². The van der Waals surface area contributed by atoms with Gasteiger partial charge < -0.3 is 10.1 Å². The molecule has 0 radical (unpaired) electrons. The van der Waals surface area contributed by atoms with E-state index in [1.54, 1.807) is 7.11 Å². The van der Waals surface area contributed by atoms with Crippen molar-refractivity contribution in [2.24, 2.45) is 0 Å². The highest BCUT2D eigenvalue weighted by Crippen LogP contribution is 2.20. The van der Waals surface area contributed by atoms with E-state index in [0.29, 0.717) is 26.1 Å². The molecule has 1 aliphatic heterocycles. The van der Waals surface area contributed by atoms with E-state index in [0.717, 1.165) is 19.1 Å². The van der Waals surface area contributed by atoms with Gasteiger partial charge in [-0.05, 0) is 19.3 Å². The zero-order valence-corrected chi connectivity index (χ0v) is 11.1. The lowest BCUT2D eigenvalue weighted by atomic mass is 10.2. The fraction of sp³-hybridized carbons (Fsp3) is 0.900. The summed E-state index contributed by atoms with van der Waals surface area (Å²) in [4.78, 5) is 11.8. The minimum atomic E-state index is -3.28. The Hall–Kier alpha value is -0.660. The lowest BCUT2D eigenvalue weighted by Crippen LogP contribution is -2.45. The van der Waals surface area contributed by atoms with Gasteiger partial charge >= 0.3 is 0 Å². The van der Waals surface area contributed by atoms with Crippen LogP contribution in [0.2, 0.25) is 0 Å². The highest BCUT2D eigenvalue weighted by atomic mass is 32.2. The Balaban J connectivity index is 2.45. The Morgan fingerprint density at radius 3 is 2.82 bits per heavy atom. The van der Waals surface area contributed by atoms with Crippen molar-refractivity contribution < 1.29 is 17.9 Å². The van der Waals surface area contributed by atoms with Gasteiger partial charge in [0.15, 0.2) is 0 Å². The normalized spacial score (nSPS) is 21.6. The summed E-state index contributed by atoms with van der Waals surface area (Å²) in [7, 11) is -1.68. The molecule has 7 heteroatoms. The molecular formula is C10H20N2O4S. The van der Waals surface area contributed by atoms with Crippen LogP contribution in [0.1, 0.15) is 19.3 Å². The van der Waals surface area contributed by atoms with E-state index in [4.69, 9.17) is 4.74 Å². The van der Waals surface area contributed by atoms with Gasteiger partial charge in [-0.25, -0.2) is 8.42 Å². The highest BCUT2D eigenvalue weighted by molar-refractivity contribution is 7.88. The minimum Gasteiger partial charge on any atom is -0.385 e. The molecule has 0 unspecified atom stereocenters. The monoisotopic (exact) mass is 264 g/mol. The molecule has 1 amide bonds. The maximum Gasteiger partial charge on any atom is 0.238 e. The Morgan fingerprint density at radius 1 is 1.53 bits per heavy atom. The largest absolute Gasteiger partial charge is 0.385 e. The van der Waals surface area contributed by atoms with Gasteiger partial charge in [0, 0.05) is 26.8 Å². The number of carbonyl (C=O) groups excluding carboxylic acids is 1. The fourth-order valence-corrected chi connectivity index (χ4v) is 3.07. The summed E-state index contributed by atoms with van der Waals surface area (Å²) in [6, 6.07) is -0.535. The van der Waals surface area contributed by atoms with E-state index < -0.39 is 16.1 Å². The minimum absolute atomic E-state index is 0.205. The topological polar surface area (TPSA) is 75.7 Å². The lowest BCUT2D eigenvalue weighted by Gasteiger charge is -2.21. The molecule has 0 aromatic heterocycles. The summed E-state index contributed by atoms with van der Waals surface area (Å²) in [5, 5.41) is 2.74. The molecule has 1 heterocycles. The number of carbonyl (C=O) groups is 1. The molecule has 0 aliphatic carbocycles. The van der Waals surface area contributed by atoms with Crippen LogP contribution in [0.4, 0.5) is 0 Å². The number of nitrogens with zero attached hydrogens (tertiary/aromatic N) is 1. The number of sulfonamides is 1. The van der Waals surface area contributed by atoms with Gasteiger partial charge in [0.2, 0.25) is 15.9 Å². The molecule has 0 aromatic rings. The summed E-state index contributed by atoms with van der Waals surface area (Å²) < 4.78 is 29.0. The second kappa shape index (κ2) is 6.32. The quantitative estimate of drug-likeness (QED) is 0.660. The first kappa shape index (κ1) is 14.4. The van der Waals surface area contributed by atoms with Crippen LogP contribution in [-0.4, -0.2) is 57.7 Å². The van der Waals surface area contributed by atoms with Crippen LogP contribution in [0.3, 0.4) is 0 Å². The molecular weight excluding hydrogens is 244 g/mol. The summed E-state index contributed by atoms with van der Waals surface area (Å²) in [6.07, 6.45) is 3.21. The molecule has 0 saturated carbocycles. The predicted molar refractivity (Wildman–Crippen MR) is 64.1 cm³/mol. The van der Waals surface area contributed by atoms with Gasteiger partial charge in [-0.2, -0.15) is 4.31 Å². The van der Waals surface area contributed by atoms with Crippen molar-refractivity contribution >= 4 is 15.9 Å². The number of hydrogen-bond donors (Lipinski definition) is 1. The van der Waals surface area contributed by atoms with Crippen molar-refractivity contribution in [3.8, 4) is 0 Å². The molecule has 1 rings (SSSR count). The van der Waals surface area contributed by atoms with Gasteiger partial charge in [-0.3, -0.25) is 4.79 Å². The van der Waals surface area contributed by atoms with Gasteiger partial charge in [0.25, 0.3) is 0 Å². The molecule has 0 spiro atoms. The number of ether oxygens (including phenoxy) is 1. The summed E-state index contributed by atoms with van der Waals surface area (Å²) in [5.41, 5.74) is 0. The molecule has 0 aromatic carbocycles. The fourth-order valence-electron chi connectivity index (χ4n) is 1.95. The predicted octanol–water partition coefficient (Wildman–Crippen LogP) is -0.437. The zero-order valence-electron chi connectivity index (χ0n) is 10.3. The number of methoxy groups -OCH3 is 1. The Kier molecular flexibility index (Phi) is 5.35. The molecule has 6 nitrogen and oxygen atoms in total. The average molecular weight is 264 g/mol. The van der Waals surface area contributed by atoms with Crippen molar-refractivity contribution in [1.29, 1.82) is 0 Å². The van der Waals surface area contributed by atoms with Crippen molar-refractivity contribution in [3.05, 3.63) is 0 Å². The SMILES string of the molecule is COCCCNC(=O)[C@@H]1CCCN1S(C)(=O)=O. The van der Waals surface area contributed by atoms with Gasteiger partial charge in [-0.1, -0.05) is 0 Å². The number of amides is 1. The van der Waals surface area contributed by atoms with E-state index >= 15 is 0 Å². The van der Waals surface area contributed by atoms with Gasteiger partial charge in [-0.15, -0.1) is 0 Å². The van der Waals surface area contributed by atoms with Gasteiger partial charge in [0.05, 0.1) is 6.26 Å². The van der Waals surface area contributed by atoms with Crippen LogP contribution in [-0.2, 0) is 19.6 Å². The van der Waals surface area contributed by atoms with E-state index in [1.165, 1.54) is 4.31 Å². The molecule has 0 bridgehead atoms. The maximum atomic E-state index is 11.8. The summed E-state index contributed by atoms with van der Waals surface area (Å²) >= 11 is 0. The second-order valence-corrected chi connectivity index (χ2v) is 6.10. The van der Waals surface area contributed by atoms with Crippen LogP contribution in [0.25, 0.3) is 0 Å². The molecule has 1 aliphatic rings. The van der Waals surface area contributed by atoms with E-state index in [2.05, 4.69) is 5.32 Å². The first-order valence-electron chi connectivity index (χ1n) is 5.70. The summed E-state index contributed by atoms with van der Waals surface area (Å²) in [6.45, 7) is 1.54. The third-order valence-electron chi connectivity index (χ3n) is 2.76. The van der Waals surface area contributed by atoms with Crippen LogP contribution in [0.5, 0.6) is 0 Å². The van der Waals surface area contributed by atoms with Crippen LogP contribution in [0.15, 0.2) is 0 Å². The highest BCUT2D eigenvalue weighted by Gasteiger charge is 2.35. The van der Waals surface area contributed by atoms with Crippen molar-refractivity contribution in [2.45, 2.75) is 25.3 Å². The molecule has 17 heavy (non-hydrogen) atoms. The smallest absolute Gasteiger partial charge is 0.238 e. The Morgan fingerprint density at radius 2 is 2.24 bits per heavy atom. The standard InChI is InChI=1S/C10H20N2O4S/c1-16-8-4-6-11-10(13)9-5-3-7-12(9)17(2,14)15/h9H,3-8H2,1-2H3,(H,11,13)/t9-/m0/s1. The first-order valence-corrected chi connectivity index (χ1v) is 7.55.